The highest BCUT2D eigenvalue weighted by Crippen LogP contribution is 2.34. The molecule has 0 aliphatic carbocycles. The van der Waals surface area contributed by atoms with Gasteiger partial charge in [-0.15, -0.1) is 0 Å². The van der Waals surface area contributed by atoms with E-state index in [1.807, 2.05) is 6.92 Å². The maximum absolute atomic E-state index is 12.3. The van der Waals surface area contributed by atoms with Gasteiger partial charge in [0.25, 0.3) is 0 Å². The molecule has 2 heterocycles. The molecule has 0 radical (unpaired) electrons. The number of carbonyl (C=O) groups is 2. The normalized spacial score (nSPS) is 16.6. The Morgan fingerprint density at radius 1 is 1.32 bits per heavy atom. The second-order valence-electron chi connectivity index (χ2n) is 7.06. The van der Waals surface area contributed by atoms with Crippen LogP contribution in [0.3, 0.4) is 0 Å². The van der Waals surface area contributed by atoms with Crippen molar-refractivity contribution in [3.8, 4) is 11.5 Å². The van der Waals surface area contributed by atoms with Crippen molar-refractivity contribution in [2.24, 2.45) is 5.10 Å². The number of aliphatic hydroxyl groups is 1. The number of halogens is 1. The average Bonchev–Trinajstić information content (AvgIpc) is 3.22. The van der Waals surface area contributed by atoms with Gasteiger partial charge in [-0.1, -0.05) is 6.07 Å². The Kier molecular flexibility index (Phi) is 8.55. The zero-order valence-electron chi connectivity index (χ0n) is 18.8. The highest BCUT2D eigenvalue weighted by Gasteiger charge is 2.32. The third-order valence-electron chi connectivity index (χ3n) is 4.68. The van der Waals surface area contributed by atoms with E-state index in [9.17, 15) is 14.7 Å². The average molecular weight is 537 g/mol. The third-order valence-corrected chi connectivity index (χ3v) is 5.11. The van der Waals surface area contributed by atoms with Crippen molar-refractivity contribution < 1.29 is 33.3 Å². The van der Waals surface area contributed by atoms with Crippen molar-refractivity contribution in [3.05, 3.63) is 57.6 Å². The molecule has 0 bridgehead atoms. The number of esters is 1. The second-order valence-corrected chi connectivity index (χ2v) is 7.84. The van der Waals surface area contributed by atoms with E-state index < -0.39 is 24.3 Å². The molecule has 182 valence electrons. The van der Waals surface area contributed by atoms with Crippen molar-refractivity contribution in [2.45, 2.75) is 26.1 Å². The molecule has 1 aromatic heterocycles. The number of hydrazone groups is 1. The van der Waals surface area contributed by atoms with Crippen LogP contribution in [0.2, 0.25) is 0 Å². The van der Waals surface area contributed by atoms with Crippen LogP contribution in [-0.2, 0) is 9.53 Å². The lowest BCUT2D eigenvalue weighted by molar-refractivity contribution is -0.136. The zero-order chi connectivity index (χ0) is 24.7. The van der Waals surface area contributed by atoms with E-state index >= 15 is 0 Å². The lowest BCUT2D eigenvalue weighted by Gasteiger charge is -2.28. The molecule has 2 amide bonds. The SMILES string of the molecule is CCOc1cc([C@@H]2NC(=O)NC(C)=C2C(=O)OC)ccc1OC[C@H](O)N/N=C\c1ccc(Br)o1. The van der Waals surface area contributed by atoms with Crippen LogP contribution in [0.15, 0.2) is 55.8 Å². The van der Waals surface area contributed by atoms with Crippen LogP contribution < -0.4 is 25.5 Å². The minimum atomic E-state index is -1.11. The number of ether oxygens (including phenoxy) is 3. The van der Waals surface area contributed by atoms with Gasteiger partial charge in [0.1, 0.15) is 12.4 Å². The molecular weight excluding hydrogens is 512 g/mol. The number of carbonyl (C=O) groups excluding carboxylic acids is 2. The largest absolute Gasteiger partial charge is 0.490 e. The Morgan fingerprint density at radius 2 is 2.12 bits per heavy atom. The summed E-state index contributed by atoms with van der Waals surface area (Å²) < 4.78 is 22.1. The third kappa shape index (κ3) is 6.29. The Morgan fingerprint density at radius 3 is 2.79 bits per heavy atom. The number of nitrogens with one attached hydrogen (secondary N) is 3. The van der Waals surface area contributed by atoms with Crippen molar-refractivity contribution in [1.82, 2.24) is 16.1 Å². The van der Waals surface area contributed by atoms with Crippen LogP contribution in [-0.4, -0.2) is 49.9 Å². The van der Waals surface area contributed by atoms with Gasteiger partial charge in [-0.3, -0.25) is 5.43 Å². The molecule has 34 heavy (non-hydrogen) atoms. The molecule has 0 saturated heterocycles. The molecule has 4 N–H and O–H groups in total. The number of rotatable bonds is 10. The highest BCUT2D eigenvalue weighted by atomic mass is 79.9. The summed E-state index contributed by atoms with van der Waals surface area (Å²) in [5.41, 5.74) is 3.80. The summed E-state index contributed by atoms with van der Waals surface area (Å²) in [6, 6.07) is 7.24. The maximum atomic E-state index is 12.3. The van der Waals surface area contributed by atoms with E-state index in [0.717, 1.165) is 0 Å². The number of amides is 2. The first-order valence-electron chi connectivity index (χ1n) is 10.3. The smallest absolute Gasteiger partial charge is 0.337 e. The highest BCUT2D eigenvalue weighted by molar-refractivity contribution is 9.10. The number of methoxy groups -OCH3 is 1. The van der Waals surface area contributed by atoms with E-state index in [-0.39, 0.29) is 12.2 Å². The molecule has 0 saturated carbocycles. The molecule has 12 heteroatoms. The summed E-state index contributed by atoms with van der Waals surface area (Å²) in [6.45, 7) is 3.65. The van der Waals surface area contributed by atoms with Gasteiger partial charge in [-0.05, 0) is 59.6 Å². The van der Waals surface area contributed by atoms with E-state index in [2.05, 4.69) is 37.1 Å². The predicted octanol–water partition coefficient (Wildman–Crippen LogP) is 2.56. The molecule has 0 unspecified atom stereocenters. The Hall–Kier alpha value is -3.51. The van der Waals surface area contributed by atoms with Crippen LogP contribution in [0.5, 0.6) is 11.5 Å². The molecule has 1 aromatic carbocycles. The van der Waals surface area contributed by atoms with Gasteiger partial charge in [0.15, 0.2) is 22.4 Å². The second kappa shape index (κ2) is 11.6. The topological polar surface area (TPSA) is 144 Å². The monoisotopic (exact) mass is 536 g/mol. The fourth-order valence-electron chi connectivity index (χ4n) is 3.21. The summed E-state index contributed by atoms with van der Waals surface area (Å²) in [6.07, 6.45) is 0.305. The standard InChI is InChI=1S/C22H25BrN4O7/c1-4-32-16-9-13(20-19(21(29)31-3)12(2)25-22(30)26-20)5-7-15(16)33-11-18(28)27-24-10-14-6-8-17(23)34-14/h5-10,18,20,27-28H,4,11H2,1-3H3,(H2,25,26,30)/b24-10-/t18-,20-/m0/s1. The van der Waals surface area contributed by atoms with Crippen molar-refractivity contribution in [1.29, 1.82) is 0 Å². The number of nitrogens with zero attached hydrogens (tertiary/aromatic N) is 1. The fraction of sp³-hybridized carbons (Fsp3) is 0.318. The van der Waals surface area contributed by atoms with Crippen LogP contribution in [0.4, 0.5) is 4.79 Å². The number of benzene rings is 1. The van der Waals surface area contributed by atoms with Crippen LogP contribution in [0.1, 0.15) is 31.2 Å². The first kappa shape index (κ1) is 25.1. The van der Waals surface area contributed by atoms with Crippen molar-refractivity contribution >= 4 is 34.1 Å². The van der Waals surface area contributed by atoms with Gasteiger partial charge >= 0.3 is 12.0 Å². The first-order chi connectivity index (χ1) is 16.3. The molecule has 2 atom stereocenters. The van der Waals surface area contributed by atoms with Crippen LogP contribution in [0.25, 0.3) is 0 Å². The minimum Gasteiger partial charge on any atom is -0.490 e. The lowest BCUT2D eigenvalue weighted by Crippen LogP contribution is -2.45. The zero-order valence-corrected chi connectivity index (χ0v) is 20.3. The van der Waals surface area contributed by atoms with Gasteiger partial charge in [0.05, 0.1) is 31.5 Å². The van der Waals surface area contributed by atoms with E-state index in [1.54, 1.807) is 37.3 Å². The number of aliphatic hydroxyl groups excluding tert-OH is 1. The van der Waals surface area contributed by atoms with Crippen molar-refractivity contribution in [2.75, 3.05) is 20.3 Å². The molecule has 11 nitrogen and oxygen atoms in total. The number of hydrogen-bond acceptors (Lipinski definition) is 9. The number of allylic oxidation sites excluding steroid dienone is 1. The van der Waals surface area contributed by atoms with Crippen LogP contribution in [0, 0.1) is 0 Å². The summed E-state index contributed by atoms with van der Waals surface area (Å²) in [5, 5.41) is 19.3. The number of hydrogen-bond donors (Lipinski definition) is 4. The number of urea groups is 1. The molecule has 0 fully saturated rings. The Labute approximate surface area is 204 Å². The maximum Gasteiger partial charge on any atom is 0.337 e. The fourth-order valence-corrected chi connectivity index (χ4v) is 3.53. The van der Waals surface area contributed by atoms with E-state index in [1.165, 1.54) is 13.3 Å². The molecule has 0 spiro atoms. The Balaban J connectivity index is 1.72. The van der Waals surface area contributed by atoms with Gasteiger partial charge in [0.2, 0.25) is 0 Å². The number of furan rings is 1. The molecular formula is C22H25BrN4O7. The van der Waals surface area contributed by atoms with E-state index in [4.69, 9.17) is 18.6 Å². The van der Waals surface area contributed by atoms with Gasteiger partial charge in [-0.25, -0.2) is 9.59 Å². The van der Waals surface area contributed by atoms with Gasteiger partial charge < -0.3 is 34.4 Å². The van der Waals surface area contributed by atoms with Gasteiger partial charge in [0, 0.05) is 5.70 Å². The first-order valence-corrected chi connectivity index (χ1v) is 11.1. The summed E-state index contributed by atoms with van der Waals surface area (Å²) in [5.74, 6) is 0.684. The molecule has 1 aliphatic heterocycles. The molecule has 3 rings (SSSR count). The Bertz CT molecular complexity index is 1100. The summed E-state index contributed by atoms with van der Waals surface area (Å²) >= 11 is 3.19. The van der Waals surface area contributed by atoms with Gasteiger partial charge in [-0.2, -0.15) is 5.10 Å². The van der Waals surface area contributed by atoms with E-state index in [0.29, 0.717) is 39.8 Å². The minimum absolute atomic E-state index is 0.130. The summed E-state index contributed by atoms with van der Waals surface area (Å²) in [4.78, 5) is 24.3. The lowest BCUT2D eigenvalue weighted by atomic mass is 9.95. The molecule has 1 aliphatic rings. The molecule has 2 aromatic rings. The van der Waals surface area contributed by atoms with Crippen LogP contribution >= 0.6 is 15.9 Å². The summed E-state index contributed by atoms with van der Waals surface area (Å²) in [7, 11) is 1.27. The quantitative estimate of drug-likeness (QED) is 0.157. The predicted molar refractivity (Wildman–Crippen MR) is 125 cm³/mol. The van der Waals surface area contributed by atoms with Crippen molar-refractivity contribution in [3.63, 3.8) is 0 Å².